The average Bonchev–Trinajstić information content (AvgIpc) is 2.28. The highest BCUT2D eigenvalue weighted by atomic mass is 16.2. The van der Waals surface area contributed by atoms with Crippen LogP contribution in [0.3, 0.4) is 0 Å². The summed E-state index contributed by atoms with van der Waals surface area (Å²) in [5, 5.41) is 3.13. The van der Waals surface area contributed by atoms with Crippen LogP contribution in [0.2, 0.25) is 0 Å². The molecular weight excluding hydrogens is 214 g/mol. The fraction of sp³-hybridized carbons (Fsp3) is 0.538. The molecule has 0 saturated carbocycles. The molecule has 0 bridgehead atoms. The summed E-state index contributed by atoms with van der Waals surface area (Å²) in [5.74, 6) is 0.817. The highest BCUT2D eigenvalue weighted by Crippen LogP contribution is 2.12. The van der Waals surface area contributed by atoms with Gasteiger partial charge in [0.25, 0.3) is 5.91 Å². The Hall–Kier alpha value is -1.58. The van der Waals surface area contributed by atoms with E-state index in [-0.39, 0.29) is 5.91 Å². The molecule has 17 heavy (non-hydrogen) atoms. The second-order valence-electron chi connectivity index (χ2n) is 4.14. The fourth-order valence-electron chi connectivity index (χ4n) is 1.72. The Kier molecular flexibility index (Phi) is 4.94. The number of amides is 1. The van der Waals surface area contributed by atoms with Crippen molar-refractivity contribution in [3.8, 4) is 0 Å². The third-order valence-corrected chi connectivity index (χ3v) is 2.46. The number of hydrogen-bond donors (Lipinski definition) is 1. The van der Waals surface area contributed by atoms with Crippen LogP contribution in [0.25, 0.3) is 0 Å². The number of hydrogen-bond acceptors (Lipinski definition) is 3. The van der Waals surface area contributed by atoms with Gasteiger partial charge in [0.1, 0.15) is 5.82 Å². The summed E-state index contributed by atoms with van der Waals surface area (Å²) in [7, 11) is 1.83. The summed E-state index contributed by atoms with van der Waals surface area (Å²) >= 11 is 0. The lowest BCUT2D eigenvalue weighted by atomic mass is 10.2. The second-order valence-corrected chi connectivity index (χ2v) is 4.14. The monoisotopic (exact) mass is 235 g/mol. The molecule has 1 N–H and O–H groups in total. The topological polar surface area (TPSA) is 45.2 Å². The van der Waals surface area contributed by atoms with Crippen LogP contribution in [0.5, 0.6) is 0 Å². The van der Waals surface area contributed by atoms with Crippen LogP contribution in [0.15, 0.2) is 12.1 Å². The lowest BCUT2D eigenvalue weighted by Gasteiger charge is -2.17. The Morgan fingerprint density at radius 1 is 1.41 bits per heavy atom. The van der Waals surface area contributed by atoms with Gasteiger partial charge in [-0.1, -0.05) is 6.92 Å². The summed E-state index contributed by atoms with van der Waals surface area (Å²) in [4.78, 5) is 18.2. The van der Waals surface area contributed by atoms with Crippen molar-refractivity contribution in [3.05, 3.63) is 23.4 Å². The van der Waals surface area contributed by atoms with Crippen LogP contribution < -0.4 is 5.32 Å². The van der Waals surface area contributed by atoms with Gasteiger partial charge in [0.2, 0.25) is 0 Å². The molecular formula is C13H21N3O. The molecule has 94 valence electrons. The maximum atomic E-state index is 12.1. The summed E-state index contributed by atoms with van der Waals surface area (Å²) in [5.41, 5.74) is 1.56. The summed E-state index contributed by atoms with van der Waals surface area (Å²) in [6.07, 6.45) is 0.965. The van der Waals surface area contributed by atoms with Crippen LogP contribution in [-0.2, 0) is 0 Å². The highest BCUT2D eigenvalue weighted by molar-refractivity contribution is 5.94. The average molecular weight is 235 g/mol. The normalized spacial score (nSPS) is 10.1. The molecule has 4 nitrogen and oxygen atoms in total. The minimum Gasteiger partial charge on any atom is -0.370 e. The van der Waals surface area contributed by atoms with Crippen LogP contribution in [0.4, 0.5) is 5.82 Å². The van der Waals surface area contributed by atoms with Gasteiger partial charge in [-0.25, -0.2) is 4.98 Å². The third-order valence-electron chi connectivity index (χ3n) is 2.46. The number of carbonyl (C=O) groups excluding carboxylic acids is 1. The van der Waals surface area contributed by atoms with Crippen molar-refractivity contribution >= 4 is 11.7 Å². The Morgan fingerprint density at radius 3 is 2.71 bits per heavy atom. The van der Waals surface area contributed by atoms with Crippen LogP contribution in [-0.4, -0.2) is 35.9 Å². The van der Waals surface area contributed by atoms with Gasteiger partial charge in [0.05, 0.1) is 0 Å². The Morgan fingerprint density at radius 2 is 2.12 bits per heavy atom. The lowest BCUT2D eigenvalue weighted by molar-refractivity contribution is 0.0795. The van der Waals surface area contributed by atoms with Crippen molar-refractivity contribution in [2.24, 2.45) is 0 Å². The van der Waals surface area contributed by atoms with Crippen LogP contribution >= 0.6 is 0 Å². The van der Waals surface area contributed by atoms with E-state index in [1.165, 1.54) is 0 Å². The Bertz CT molecular complexity index is 390. The molecule has 1 aromatic heterocycles. The third kappa shape index (κ3) is 3.73. The van der Waals surface area contributed by atoms with Crippen molar-refractivity contribution in [3.63, 3.8) is 0 Å². The largest absolute Gasteiger partial charge is 0.370 e. The zero-order valence-corrected chi connectivity index (χ0v) is 11.1. The number of nitrogens with zero attached hydrogens (tertiary/aromatic N) is 2. The van der Waals surface area contributed by atoms with E-state index in [0.29, 0.717) is 5.56 Å². The zero-order valence-electron chi connectivity index (χ0n) is 11.1. The number of rotatable bonds is 5. The summed E-state index contributed by atoms with van der Waals surface area (Å²) in [6, 6.07) is 3.64. The molecule has 0 saturated heterocycles. The van der Waals surface area contributed by atoms with Gasteiger partial charge in [-0.05, 0) is 32.4 Å². The first-order chi connectivity index (χ1) is 8.08. The molecule has 0 aromatic carbocycles. The first-order valence-electron chi connectivity index (χ1n) is 6.06. The minimum atomic E-state index is 0.0523. The number of aromatic nitrogens is 1. The predicted molar refractivity (Wildman–Crippen MR) is 70.4 cm³/mol. The second kappa shape index (κ2) is 6.23. The van der Waals surface area contributed by atoms with E-state index >= 15 is 0 Å². The Labute approximate surface area is 103 Å². The first kappa shape index (κ1) is 13.5. The molecule has 1 amide bonds. The highest BCUT2D eigenvalue weighted by Gasteiger charge is 2.12. The number of aryl methyl sites for hydroxylation is 1. The van der Waals surface area contributed by atoms with Crippen molar-refractivity contribution in [2.75, 3.05) is 25.5 Å². The maximum Gasteiger partial charge on any atom is 0.253 e. The predicted octanol–water partition coefficient (Wildman–Crippen LogP) is 2.30. The van der Waals surface area contributed by atoms with E-state index in [0.717, 1.165) is 31.0 Å². The molecule has 0 atom stereocenters. The number of carbonyl (C=O) groups is 1. The number of nitrogens with one attached hydrogen (secondary N) is 1. The van der Waals surface area contributed by atoms with E-state index in [4.69, 9.17) is 0 Å². The van der Waals surface area contributed by atoms with Gasteiger partial charge in [-0.3, -0.25) is 4.79 Å². The van der Waals surface area contributed by atoms with E-state index in [2.05, 4.69) is 17.2 Å². The summed E-state index contributed by atoms with van der Waals surface area (Å²) in [6.45, 7) is 7.55. The van der Waals surface area contributed by atoms with Crippen molar-refractivity contribution in [2.45, 2.75) is 27.2 Å². The lowest BCUT2D eigenvalue weighted by Crippen LogP contribution is -2.27. The molecule has 0 aliphatic heterocycles. The molecule has 0 fully saturated rings. The van der Waals surface area contributed by atoms with Gasteiger partial charge < -0.3 is 10.2 Å². The van der Waals surface area contributed by atoms with Gasteiger partial charge >= 0.3 is 0 Å². The standard InChI is InChI=1S/C13H21N3O/c1-5-7-16(4)13(17)11-8-10(3)15-12(9-11)14-6-2/h8-9H,5-7H2,1-4H3,(H,14,15). The molecule has 1 rings (SSSR count). The smallest absolute Gasteiger partial charge is 0.253 e. The molecule has 1 aromatic rings. The number of anilines is 1. The van der Waals surface area contributed by atoms with Crippen LogP contribution in [0.1, 0.15) is 36.3 Å². The van der Waals surface area contributed by atoms with Gasteiger partial charge in [-0.15, -0.1) is 0 Å². The van der Waals surface area contributed by atoms with Gasteiger partial charge in [0.15, 0.2) is 0 Å². The van der Waals surface area contributed by atoms with Gasteiger partial charge in [0, 0.05) is 31.4 Å². The van der Waals surface area contributed by atoms with Gasteiger partial charge in [-0.2, -0.15) is 0 Å². The minimum absolute atomic E-state index is 0.0523. The molecule has 0 unspecified atom stereocenters. The molecule has 0 spiro atoms. The van der Waals surface area contributed by atoms with E-state index < -0.39 is 0 Å². The number of pyridine rings is 1. The maximum absolute atomic E-state index is 12.1. The molecule has 4 heteroatoms. The first-order valence-corrected chi connectivity index (χ1v) is 6.06. The van der Waals surface area contributed by atoms with E-state index in [1.54, 1.807) is 4.90 Å². The molecule has 1 heterocycles. The van der Waals surface area contributed by atoms with Crippen molar-refractivity contribution in [1.82, 2.24) is 9.88 Å². The molecule has 0 radical (unpaired) electrons. The summed E-state index contributed by atoms with van der Waals surface area (Å²) < 4.78 is 0. The Balaban J connectivity index is 2.92. The zero-order chi connectivity index (χ0) is 12.8. The van der Waals surface area contributed by atoms with E-state index in [1.807, 2.05) is 33.0 Å². The van der Waals surface area contributed by atoms with Crippen molar-refractivity contribution < 1.29 is 4.79 Å². The quantitative estimate of drug-likeness (QED) is 0.851. The van der Waals surface area contributed by atoms with Crippen LogP contribution in [0, 0.1) is 6.92 Å². The fourth-order valence-corrected chi connectivity index (χ4v) is 1.72. The van der Waals surface area contributed by atoms with Crippen molar-refractivity contribution in [1.29, 1.82) is 0 Å². The molecule has 0 aliphatic carbocycles. The SMILES string of the molecule is CCCN(C)C(=O)c1cc(C)nc(NCC)c1. The molecule has 0 aliphatic rings. The van der Waals surface area contributed by atoms with E-state index in [9.17, 15) is 4.79 Å².